The highest BCUT2D eigenvalue weighted by Gasteiger charge is 2.34. The van der Waals surface area contributed by atoms with Crippen molar-refractivity contribution in [2.75, 3.05) is 40.4 Å². The van der Waals surface area contributed by atoms with E-state index in [-0.39, 0.29) is 12.2 Å². The fraction of sp³-hybridized carbons (Fsp3) is 1.00. The molecular weight excluding hydrogens is 228 g/mol. The summed E-state index contributed by atoms with van der Waals surface area (Å²) in [7, 11) is 3.57. The average molecular weight is 256 g/mol. The highest BCUT2D eigenvalue weighted by Crippen LogP contribution is 2.29. The smallest absolute Gasteiger partial charge is 0.0971 e. The molecule has 4 nitrogen and oxygen atoms in total. The lowest BCUT2D eigenvalue weighted by atomic mass is 9.82. The number of methoxy groups -OCH3 is 2. The van der Waals surface area contributed by atoms with E-state index in [0.717, 1.165) is 31.5 Å². The normalized spacial score (nSPS) is 38.2. The van der Waals surface area contributed by atoms with Gasteiger partial charge in [-0.1, -0.05) is 0 Å². The van der Waals surface area contributed by atoms with Crippen LogP contribution in [0.5, 0.6) is 0 Å². The van der Waals surface area contributed by atoms with Crippen molar-refractivity contribution in [2.24, 2.45) is 17.6 Å². The summed E-state index contributed by atoms with van der Waals surface area (Å²) in [6.45, 7) is 4.11. The van der Waals surface area contributed by atoms with E-state index < -0.39 is 0 Å². The Bertz CT molecular complexity index is 230. The molecule has 0 spiro atoms. The zero-order chi connectivity index (χ0) is 13.0. The van der Waals surface area contributed by atoms with Crippen LogP contribution in [0.3, 0.4) is 0 Å². The summed E-state index contributed by atoms with van der Waals surface area (Å²) in [6, 6.07) is 0. The van der Waals surface area contributed by atoms with Crippen LogP contribution in [0, 0.1) is 11.8 Å². The Morgan fingerprint density at radius 3 is 1.89 bits per heavy atom. The van der Waals surface area contributed by atoms with Crippen molar-refractivity contribution in [3.63, 3.8) is 0 Å². The quantitative estimate of drug-likeness (QED) is 0.800. The fourth-order valence-corrected chi connectivity index (χ4v) is 3.44. The van der Waals surface area contributed by atoms with Gasteiger partial charge in [0.25, 0.3) is 0 Å². The largest absolute Gasteiger partial charge is 0.377 e. The van der Waals surface area contributed by atoms with Crippen LogP contribution >= 0.6 is 0 Å². The monoisotopic (exact) mass is 256 g/mol. The highest BCUT2D eigenvalue weighted by molar-refractivity contribution is 4.87. The molecule has 1 saturated heterocycles. The van der Waals surface area contributed by atoms with Gasteiger partial charge in [0.05, 0.1) is 12.2 Å². The first-order valence-corrected chi connectivity index (χ1v) is 7.24. The van der Waals surface area contributed by atoms with Gasteiger partial charge in [-0.15, -0.1) is 0 Å². The molecule has 2 N–H and O–H groups in total. The van der Waals surface area contributed by atoms with E-state index in [1.54, 1.807) is 14.2 Å². The molecule has 2 atom stereocenters. The molecule has 0 aromatic heterocycles. The Labute approximate surface area is 111 Å². The minimum absolute atomic E-state index is 0.246. The molecule has 2 unspecified atom stereocenters. The third kappa shape index (κ3) is 3.44. The van der Waals surface area contributed by atoms with Crippen LogP contribution in [-0.2, 0) is 9.47 Å². The van der Waals surface area contributed by atoms with E-state index in [4.69, 9.17) is 15.2 Å². The number of nitrogens with two attached hydrogens (primary N) is 1. The van der Waals surface area contributed by atoms with Crippen LogP contribution in [0.1, 0.15) is 25.7 Å². The highest BCUT2D eigenvalue weighted by atomic mass is 16.5. The molecule has 1 saturated carbocycles. The summed E-state index contributed by atoms with van der Waals surface area (Å²) in [6.07, 6.45) is 5.81. The Morgan fingerprint density at radius 1 is 0.944 bits per heavy atom. The predicted octanol–water partition coefficient (Wildman–Crippen LogP) is 1.10. The minimum Gasteiger partial charge on any atom is -0.377 e. The van der Waals surface area contributed by atoms with Gasteiger partial charge >= 0.3 is 0 Å². The van der Waals surface area contributed by atoms with E-state index in [9.17, 15) is 0 Å². The molecule has 106 valence electrons. The van der Waals surface area contributed by atoms with E-state index in [1.165, 1.54) is 32.2 Å². The van der Waals surface area contributed by atoms with Crippen molar-refractivity contribution in [3.05, 3.63) is 0 Å². The maximum Gasteiger partial charge on any atom is 0.0971 e. The molecule has 1 aliphatic heterocycles. The predicted molar refractivity (Wildman–Crippen MR) is 72.5 cm³/mol. The van der Waals surface area contributed by atoms with Gasteiger partial charge in [-0.25, -0.2) is 0 Å². The summed E-state index contributed by atoms with van der Waals surface area (Å²) in [5.74, 6) is 1.62. The molecular formula is C14H28N2O2. The van der Waals surface area contributed by atoms with Gasteiger partial charge in [0.2, 0.25) is 0 Å². The Balaban J connectivity index is 1.74. The Morgan fingerprint density at radius 2 is 1.44 bits per heavy atom. The van der Waals surface area contributed by atoms with E-state index in [1.807, 2.05) is 0 Å². The molecule has 0 aromatic rings. The molecule has 0 radical (unpaired) electrons. The molecule has 2 rings (SSSR count). The molecule has 2 fully saturated rings. The Hall–Kier alpha value is -0.160. The third-order valence-corrected chi connectivity index (χ3v) is 4.71. The molecule has 1 aliphatic carbocycles. The van der Waals surface area contributed by atoms with Crippen LogP contribution in [-0.4, -0.2) is 57.5 Å². The summed E-state index contributed by atoms with van der Waals surface area (Å²) in [5, 5.41) is 0. The first kappa shape index (κ1) is 14.3. The van der Waals surface area contributed by atoms with Crippen molar-refractivity contribution < 1.29 is 9.47 Å². The maximum absolute atomic E-state index is 5.74. The van der Waals surface area contributed by atoms with E-state index in [0.29, 0.717) is 0 Å². The van der Waals surface area contributed by atoms with Crippen LogP contribution in [0.2, 0.25) is 0 Å². The summed E-state index contributed by atoms with van der Waals surface area (Å²) in [5.41, 5.74) is 5.74. The number of hydrogen-bond acceptors (Lipinski definition) is 4. The number of rotatable bonds is 5. The molecule has 0 amide bonds. The summed E-state index contributed by atoms with van der Waals surface area (Å²) >= 11 is 0. The molecule has 18 heavy (non-hydrogen) atoms. The first-order chi connectivity index (χ1) is 8.76. The van der Waals surface area contributed by atoms with Crippen LogP contribution in [0.15, 0.2) is 0 Å². The topological polar surface area (TPSA) is 47.7 Å². The lowest BCUT2D eigenvalue weighted by molar-refractivity contribution is -0.00461. The standard InChI is InChI=1S/C14H28N2O2/c1-17-13-9-16(10-14(13)18-2)8-12-5-3-11(7-15)4-6-12/h11-14H,3-10,15H2,1-2H3. The molecule has 2 aliphatic rings. The third-order valence-electron chi connectivity index (χ3n) is 4.71. The number of ether oxygens (including phenoxy) is 2. The zero-order valence-electron chi connectivity index (χ0n) is 11.8. The second-order valence-corrected chi connectivity index (χ2v) is 5.89. The zero-order valence-corrected chi connectivity index (χ0v) is 11.8. The number of hydrogen-bond donors (Lipinski definition) is 1. The van der Waals surface area contributed by atoms with Gasteiger partial charge in [0.1, 0.15) is 0 Å². The lowest BCUT2D eigenvalue weighted by Gasteiger charge is -2.30. The molecule has 0 aromatic carbocycles. The van der Waals surface area contributed by atoms with Gasteiger partial charge < -0.3 is 15.2 Å². The average Bonchev–Trinajstić information content (AvgIpc) is 2.81. The van der Waals surface area contributed by atoms with Gasteiger partial charge in [-0.05, 0) is 44.1 Å². The molecule has 1 heterocycles. The Kier molecular flexibility index (Phi) is 5.42. The SMILES string of the molecule is COC1CN(CC2CCC(CN)CC2)CC1OC. The minimum atomic E-state index is 0.246. The van der Waals surface area contributed by atoms with Crippen LogP contribution in [0.4, 0.5) is 0 Å². The second kappa shape index (κ2) is 6.85. The van der Waals surface area contributed by atoms with Crippen LogP contribution in [0.25, 0.3) is 0 Å². The number of likely N-dealkylation sites (tertiary alicyclic amines) is 1. The molecule has 4 heteroatoms. The van der Waals surface area contributed by atoms with Gasteiger partial charge in [-0.2, -0.15) is 0 Å². The number of nitrogens with zero attached hydrogens (tertiary/aromatic N) is 1. The lowest BCUT2D eigenvalue weighted by Crippen LogP contribution is -2.32. The van der Waals surface area contributed by atoms with Crippen molar-refractivity contribution in [3.8, 4) is 0 Å². The van der Waals surface area contributed by atoms with Crippen molar-refractivity contribution >= 4 is 0 Å². The summed E-state index contributed by atoms with van der Waals surface area (Å²) in [4.78, 5) is 2.51. The van der Waals surface area contributed by atoms with Gasteiger partial charge in [0, 0.05) is 33.9 Å². The van der Waals surface area contributed by atoms with Crippen molar-refractivity contribution in [2.45, 2.75) is 37.9 Å². The van der Waals surface area contributed by atoms with Crippen molar-refractivity contribution in [1.82, 2.24) is 4.90 Å². The first-order valence-electron chi connectivity index (χ1n) is 7.24. The van der Waals surface area contributed by atoms with Crippen LogP contribution < -0.4 is 5.73 Å². The second-order valence-electron chi connectivity index (χ2n) is 5.89. The summed E-state index contributed by atoms with van der Waals surface area (Å²) < 4.78 is 11.0. The fourth-order valence-electron chi connectivity index (χ4n) is 3.44. The van der Waals surface area contributed by atoms with Gasteiger partial charge in [-0.3, -0.25) is 4.90 Å². The van der Waals surface area contributed by atoms with Crippen molar-refractivity contribution in [1.29, 1.82) is 0 Å². The van der Waals surface area contributed by atoms with E-state index >= 15 is 0 Å². The molecule has 0 bridgehead atoms. The van der Waals surface area contributed by atoms with E-state index in [2.05, 4.69) is 4.90 Å². The van der Waals surface area contributed by atoms with Gasteiger partial charge in [0.15, 0.2) is 0 Å². The maximum atomic E-state index is 5.74.